The summed E-state index contributed by atoms with van der Waals surface area (Å²) < 4.78 is 0. The minimum absolute atomic E-state index is 0.0378. The van der Waals surface area contributed by atoms with E-state index in [1.165, 1.54) is 0 Å². The molecule has 3 rings (SSSR count). The molecule has 2 aromatic rings. The van der Waals surface area contributed by atoms with Gasteiger partial charge in [-0.15, -0.1) is 0 Å². The predicted molar refractivity (Wildman–Crippen MR) is 95.4 cm³/mol. The molecule has 2 aromatic carbocycles. The fraction of sp³-hybridized carbons (Fsp3) is 0.222. The van der Waals surface area contributed by atoms with Crippen LogP contribution in [0.4, 0.5) is 11.4 Å². The Morgan fingerprint density at radius 1 is 1.21 bits per heavy atom. The highest BCUT2D eigenvalue weighted by molar-refractivity contribution is 6.34. The maximum Gasteiger partial charge on any atom is 0.269 e. The van der Waals surface area contributed by atoms with Crippen molar-refractivity contribution in [2.45, 2.75) is 12.8 Å². The van der Waals surface area contributed by atoms with E-state index in [1.807, 2.05) is 30.3 Å². The van der Waals surface area contributed by atoms with E-state index < -0.39 is 0 Å². The zero-order valence-electron chi connectivity index (χ0n) is 13.3. The Labute approximate surface area is 145 Å². The van der Waals surface area contributed by atoms with E-state index >= 15 is 0 Å². The second-order valence-corrected chi connectivity index (χ2v) is 6.06. The highest BCUT2D eigenvalue weighted by atomic mass is 35.5. The lowest BCUT2D eigenvalue weighted by molar-refractivity contribution is -0.117. The lowest BCUT2D eigenvalue weighted by Crippen LogP contribution is -2.39. The fourth-order valence-electron chi connectivity index (χ4n) is 2.70. The molecular weight excluding hydrogens is 326 g/mol. The molecule has 0 saturated carbocycles. The van der Waals surface area contributed by atoms with Crippen molar-refractivity contribution < 1.29 is 9.59 Å². The molecule has 2 amide bonds. The first-order chi connectivity index (χ1) is 11.6. The van der Waals surface area contributed by atoms with Crippen molar-refractivity contribution in [1.82, 2.24) is 5.43 Å². The molecule has 1 N–H and O–H groups in total. The Morgan fingerprint density at radius 3 is 2.62 bits per heavy atom. The van der Waals surface area contributed by atoms with Crippen molar-refractivity contribution >= 4 is 34.8 Å². The average Bonchev–Trinajstić information content (AvgIpc) is 3.02. The van der Waals surface area contributed by atoms with Crippen LogP contribution >= 0.6 is 11.6 Å². The first kappa shape index (κ1) is 16.3. The number of rotatable bonds is 4. The van der Waals surface area contributed by atoms with E-state index in [-0.39, 0.29) is 11.8 Å². The Bertz CT molecular complexity index is 764. The summed E-state index contributed by atoms with van der Waals surface area (Å²) in [7, 11) is 1.77. The summed E-state index contributed by atoms with van der Waals surface area (Å²) in [5.74, 6) is -0.221. The Balaban J connectivity index is 1.79. The highest BCUT2D eigenvalue weighted by Gasteiger charge is 2.24. The molecule has 0 unspecified atom stereocenters. The second-order valence-electron chi connectivity index (χ2n) is 5.65. The molecule has 1 fully saturated rings. The fourth-order valence-corrected chi connectivity index (χ4v) is 2.92. The van der Waals surface area contributed by atoms with Gasteiger partial charge in [0.1, 0.15) is 0 Å². The van der Waals surface area contributed by atoms with Gasteiger partial charge in [0, 0.05) is 25.6 Å². The number of nitrogens with one attached hydrogen (secondary N) is 1. The highest BCUT2D eigenvalue weighted by Crippen LogP contribution is 2.30. The SMILES string of the molecule is CN(NC(=O)c1ccc(Cl)c(N2CCCC2=O)c1)c1ccccc1. The van der Waals surface area contributed by atoms with Crippen molar-refractivity contribution in [2.24, 2.45) is 0 Å². The van der Waals surface area contributed by atoms with E-state index in [0.29, 0.717) is 29.2 Å². The molecule has 0 aromatic heterocycles. The molecule has 0 radical (unpaired) electrons. The number of para-hydroxylation sites is 1. The van der Waals surface area contributed by atoms with Gasteiger partial charge in [-0.1, -0.05) is 29.8 Å². The Morgan fingerprint density at radius 2 is 1.96 bits per heavy atom. The van der Waals surface area contributed by atoms with Crippen LogP contribution in [0.5, 0.6) is 0 Å². The third-order valence-corrected chi connectivity index (χ3v) is 4.30. The van der Waals surface area contributed by atoms with Gasteiger partial charge >= 0.3 is 0 Å². The van der Waals surface area contributed by atoms with Gasteiger partial charge in [-0.3, -0.25) is 20.0 Å². The molecular formula is C18H18ClN3O2. The monoisotopic (exact) mass is 343 g/mol. The van der Waals surface area contributed by atoms with Crippen LogP contribution in [0.2, 0.25) is 5.02 Å². The zero-order chi connectivity index (χ0) is 17.1. The lowest BCUT2D eigenvalue weighted by atomic mass is 10.1. The predicted octanol–water partition coefficient (Wildman–Crippen LogP) is 3.25. The van der Waals surface area contributed by atoms with Crippen LogP contribution in [0.15, 0.2) is 48.5 Å². The second kappa shape index (κ2) is 6.93. The molecule has 0 aliphatic carbocycles. The van der Waals surface area contributed by atoms with E-state index in [9.17, 15) is 9.59 Å². The summed E-state index contributed by atoms with van der Waals surface area (Å²) in [6, 6.07) is 14.5. The van der Waals surface area contributed by atoms with Crippen LogP contribution in [0.1, 0.15) is 23.2 Å². The van der Waals surface area contributed by atoms with Crippen molar-refractivity contribution in [3.8, 4) is 0 Å². The van der Waals surface area contributed by atoms with Crippen molar-refractivity contribution in [1.29, 1.82) is 0 Å². The normalized spacial score (nSPS) is 13.9. The largest absolute Gasteiger partial charge is 0.311 e. The quantitative estimate of drug-likeness (QED) is 0.867. The summed E-state index contributed by atoms with van der Waals surface area (Å²) >= 11 is 6.21. The number of hydrogen-bond donors (Lipinski definition) is 1. The van der Waals surface area contributed by atoms with E-state index in [0.717, 1.165) is 12.1 Å². The molecule has 0 spiro atoms. The molecule has 5 nitrogen and oxygen atoms in total. The summed E-state index contributed by atoms with van der Waals surface area (Å²) in [5, 5.41) is 2.12. The molecule has 1 aliphatic rings. The number of nitrogens with zero attached hydrogens (tertiary/aromatic N) is 2. The van der Waals surface area contributed by atoms with E-state index in [4.69, 9.17) is 11.6 Å². The number of benzene rings is 2. The van der Waals surface area contributed by atoms with Crippen LogP contribution in [-0.4, -0.2) is 25.4 Å². The molecule has 1 saturated heterocycles. The van der Waals surface area contributed by atoms with Crippen molar-refractivity contribution in [3.63, 3.8) is 0 Å². The van der Waals surface area contributed by atoms with Gasteiger partial charge < -0.3 is 4.90 Å². The van der Waals surface area contributed by atoms with Crippen LogP contribution in [0.3, 0.4) is 0 Å². The Hall–Kier alpha value is -2.53. The van der Waals surface area contributed by atoms with E-state index in [2.05, 4.69) is 5.43 Å². The van der Waals surface area contributed by atoms with E-state index in [1.54, 1.807) is 35.2 Å². The third kappa shape index (κ3) is 3.36. The van der Waals surface area contributed by atoms with Gasteiger partial charge in [-0.05, 0) is 36.8 Å². The van der Waals surface area contributed by atoms with Crippen LogP contribution < -0.4 is 15.3 Å². The van der Waals surface area contributed by atoms with Gasteiger partial charge in [0.05, 0.1) is 16.4 Å². The van der Waals surface area contributed by atoms with Crippen LogP contribution in [0.25, 0.3) is 0 Å². The maximum absolute atomic E-state index is 12.5. The molecule has 0 atom stereocenters. The number of carbonyl (C=O) groups excluding carboxylic acids is 2. The van der Waals surface area contributed by atoms with Gasteiger partial charge in [0.2, 0.25) is 5.91 Å². The van der Waals surface area contributed by atoms with Crippen LogP contribution in [-0.2, 0) is 4.79 Å². The first-order valence-corrected chi connectivity index (χ1v) is 8.14. The van der Waals surface area contributed by atoms with Crippen molar-refractivity contribution in [3.05, 3.63) is 59.1 Å². The van der Waals surface area contributed by atoms with Crippen molar-refractivity contribution in [2.75, 3.05) is 23.5 Å². The third-order valence-electron chi connectivity index (χ3n) is 3.99. The molecule has 124 valence electrons. The first-order valence-electron chi connectivity index (χ1n) is 7.76. The summed E-state index contributed by atoms with van der Waals surface area (Å²) in [4.78, 5) is 26.1. The number of amides is 2. The topological polar surface area (TPSA) is 52.7 Å². The molecule has 0 bridgehead atoms. The number of hydrazine groups is 1. The molecule has 1 heterocycles. The van der Waals surface area contributed by atoms with Crippen LogP contribution in [0, 0.1) is 0 Å². The zero-order valence-corrected chi connectivity index (χ0v) is 14.1. The summed E-state index contributed by atoms with van der Waals surface area (Å²) in [6.45, 7) is 0.632. The minimum Gasteiger partial charge on any atom is -0.311 e. The number of hydrogen-bond acceptors (Lipinski definition) is 3. The van der Waals surface area contributed by atoms with Gasteiger partial charge in [-0.2, -0.15) is 0 Å². The summed E-state index contributed by atoms with van der Waals surface area (Å²) in [6.07, 6.45) is 1.33. The van der Waals surface area contributed by atoms with Gasteiger partial charge in [-0.25, -0.2) is 0 Å². The Kier molecular flexibility index (Phi) is 4.71. The lowest BCUT2D eigenvalue weighted by Gasteiger charge is -2.21. The van der Waals surface area contributed by atoms with Gasteiger partial charge in [0.15, 0.2) is 0 Å². The maximum atomic E-state index is 12.5. The number of anilines is 2. The molecule has 1 aliphatic heterocycles. The molecule has 24 heavy (non-hydrogen) atoms. The number of carbonyl (C=O) groups is 2. The standard InChI is InChI=1S/C18H18ClN3O2/c1-21(14-6-3-2-4-7-14)20-18(24)13-9-10-15(19)16(12-13)22-11-5-8-17(22)23/h2-4,6-7,9-10,12H,5,8,11H2,1H3,(H,20,24). The molecule has 6 heteroatoms. The average molecular weight is 344 g/mol. The minimum atomic E-state index is -0.258. The number of halogens is 1. The summed E-state index contributed by atoms with van der Waals surface area (Å²) in [5.41, 5.74) is 4.73. The van der Waals surface area contributed by atoms with Gasteiger partial charge in [0.25, 0.3) is 5.91 Å². The smallest absolute Gasteiger partial charge is 0.269 e.